The largest absolute Gasteiger partial charge is 0.0734 e. The Morgan fingerprint density at radius 1 is 1.27 bits per heavy atom. The summed E-state index contributed by atoms with van der Waals surface area (Å²) in [5.41, 5.74) is 1.56. The van der Waals surface area contributed by atoms with E-state index >= 15 is 0 Å². The lowest BCUT2D eigenvalue weighted by Gasteiger charge is -2.18. The van der Waals surface area contributed by atoms with Gasteiger partial charge in [-0.1, -0.05) is 50.4 Å². The summed E-state index contributed by atoms with van der Waals surface area (Å²) in [6.45, 7) is 9.45. The number of hydrogen-bond acceptors (Lipinski definition) is 0. The molecule has 0 spiro atoms. The molecular formula is C10H17Si. The average molecular weight is 165 g/mol. The van der Waals surface area contributed by atoms with Crippen LogP contribution in [0.3, 0.4) is 0 Å². The molecular weight excluding hydrogens is 148 g/mol. The first kappa shape index (κ1) is 8.79. The molecule has 0 amide bonds. The molecule has 0 saturated heterocycles. The van der Waals surface area contributed by atoms with Crippen LogP contribution in [0.15, 0.2) is 23.8 Å². The molecule has 0 atom stereocenters. The van der Waals surface area contributed by atoms with Gasteiger partial charge in [-0.25, -0.2) is 0 Å². The van der Waals surface area contributed by atoms with Crippen molar-refractivity contribution in [1.82, 2.24) is 0 Å². The minimum absolute atomic E-state index is 0.893. The molecule has 0 fully saturated rings. The Hall–Kier alpha value is -0.303. The molecule has 0 aromatic rings. The minimum Gasteiger partial charge on any atom is -0.0734 e. The Morgan fingerprint density at radius 2 is 1.91 bits per heavy atom. The van der Waals surface area contributed by atoms with Crippen LogP contribution in [0, 0.1) is 5.92 Å². The molecule has 0 unspecified atom stereocenters. The van der Waals surface area contributed by atoms with E-state index in [1.165, 1.54) is 12.0 Å². The van der Waals surface area contributed by atoms with Gasteiger partial charge in [0, 0.05) is 14.0 Å². The molecule has 11 heavy (non-hydrogen) atoms. The summed E-state index contributed by atoms with van der Waals surface area (Å²) >= 11 is 0. The fourth-order valence-electron chi connectivity index (χ4n) is 1.32. The summed E-state index contributed by atoms with van der Waals surface area (Å²) in [6, 6.07) is 1.33. The van der Waals surface area contributed by atoms with E-state index in [4.69, 9.17) is 0 Å². The molecule has 0 nitrogen and oxygen atoms in total. The van der Waals surface area contributed by atoms with Crippen molar-refractivity contribution in [2.24, 2.45) is 0 Å². The number of allylic oxidation sites excluding steroid dienone is 4. The third-order valence-corrected chi connectivity index (χ3v) is 3.31. The fourth-order valence-corrected chi connectivity index (χ4v) is 2.86. The van der Waals surface area contributed by atoms with E-state index in [1.54, 1.807) is 5.57 Å². The van der Waals surface area contributed by atoms with E-state index in [2.05, 4.69) is 44.8 Å². The minimum atomic E-state index is -0.893. The van der Waals surface area contributed by atoms with Crippen LogP contribution in [0.2, 0.25) is 25.7 Å². The first-order valence-electron chi connectivity index (χ1n) is 4.20. The van der Waals surface area contributed by atoms with Gasteiger partial charge in [-0.2, -0.15) is 0 Å². The van der Waals surface area contributed by atoms with Gasteiger partial charge in [0.15, 0.2) is 0 Å². The van der Waals surface area contributed by atoms with Crippen molar-refractivity contribution >= 4 is 8.07 Å². The van der Waals surface area contributed by atoms with Gasteiger partial charge in [0.1, 0.15) is 0 Å². The Kier molecular flexibility index (Phi) is 2.38. The van der Waals surface area contributed by atoms with Gasteiger partial charge in [-0.05, 0) is 6.04 Å². The highest BCUT2D eigenvalue weighted by Crippen LogP contribution is 2.28. The third-order valence-electron chi connectivity index (χ3n) is 1.87. The Labute approximate surface area is 71.0 Å². The second-order valence-electron chi connectivity index (χ2n) is 4.47. The van der Waals surface area contributed by atoms with Crippen molar-refractivity contribution in [3.8, 4) is 0 Å². The van der Waals surface area contributed by atoms with Crippen molar-refractivity contribution in [3.05, 3.63) is 29.7 Å². The van der Waals surface area contributed by atoms with Gasteiger partial charge in [0.25, 0.3) is 0 Å². The van der Waals surface area contributed by atoms with Crippen molar-refractivity contribution in [1.29, 1.82) is 0 Å². The van der Waals surface area contributed by atoms with Crippen molar-refractivity contribution in [3.63, 3.8) is 0 Å². The van der Waals surface area contributed by atoms with Crippen molar-refractivity contribution < 1.29 is 0 Å². The zero-order chi connectivity index (χ0) is 8.48. The molecule has 61 valence electrons. The van der Waals surface area contributed by atoms with E-state index in [0.29, 0.717) is 0 Å². The first-order valence-corrected chi connectivity index (χ1v) is 7.91. The fraction of sp³-hybridized carbons (Fsp3) is 0.500. The van der Waals surface area contributed by atoms with E-state index in [9.17, 15) is 0 Å². The summed E-state index contributed by atoms with van der Waals surface area (Å²) in [6.07, 6.45) is 6.62. The highest BCUT2D eigenvalue weighted by Gasteiger charge is 2.19. The molecule has 1 rings (SSSR count). The third kappa shape index (κ3) is 2.66. The SMILES string of the molecule is C[C]1C=CC=C1C[Si](C)(C)C. The van der Waals surface area contributed by atoms with E-state index < -0.39 is 8.07 Å². The maximum absolute atomic E-state index is 2.42. The standard InChI is InChI=1S/C10H17Si/c1-9-6-5-7-10(9)8-11(2,3)4/h5-7H,8H2,1-4H3. The quantitative estimate of drug-likeness (QED) is 0.550. The van der Waals surface area contributed by atoms with Crippen LogP contribution in [0.25, 0.3) is 0 Å². The zero-order valence-electron chi connectivity index (χ0n) is 7.94. The Balaban J connectivity index is 2.53. The number of hydrogen-bond donors (Lipinski definition) is 0. The molecule has 0 aromatic heterocycles. The summed E-state index contributed by atoms with van der Waals surface area (Å²) in [7, 11) is -0.893. The van der Waals surface area contributed by atoms with Gasteiger partial charge >= 0.3 is 0 Å². The lowest BCUT2D eigenvalue weighted by Crippen LogP contribution is -2.20. The molecule has 0 N–H and O–H groups in total. The van der Waals surface area contributed by atoms with Gasteiger partial charge in [0.05, 0.1) is 0 Å². The molecule has 1 radical (unpaired) electrons. The highest BCUT2D eigenvalue weighted by atomic mass is 28.3. The van der Waals surface area contributed by atoms with Crippen LogP contribution in [-0.2, 0) is 0 Å². The van der Waals surface area contributed by atoms with E-state index in [0.717, 1.165) is 0 Å². The van der Waals surface area contributed by atoms with Crippen LogP contribution in [-0.4, -0.2) is 8.07 Å². The molecule has 1 aliphatic rings. The molecule has 1 heteroatoms. The molecule has 0 aromatic carbocycles. The monoisotopic (exact) mass is 165 g/mol. The molecule has 0 heterocycles. The maximum Gasteiger partial charge on any atom is 0.0483 e. The predicted octanol–water partition coefficient (Wildman–Crippen LogP) is 3.42. The normalized spacial score (nSPS) is 19.1. The topological polar surface area (TPSA) is 0 Å². The van der Waals surface area contributed by atoms with Crippen LogP contribution in [0.5, 0.6) is 0 Å². The van der Waals surface area contributed by atoms with Gasteiger partial charge in [-0.3, -0.25) is 0 Å². The molecule has 0 bridgehead atoms. The van der Waals surface area contributed by atoms with Gasteiger partial charge in [-0.15, -0.1) is 0 Å². The Morgan fingerprint density at radius 3 is 2.27 bits per heavy atom. The van der Waals surface area contributed by atoms with Gasteiger partial charge < -0.3 is 0 Å². The van der Waals surface area contributed by atoms with Crippen LogP contribution >= 0.6 is 0 Å². The van der Waals surface area contributed by atoms with Crippen LogP contribution < -0.4 is 0 Å². The lowest BCUT2D eigenvalue weighted by molar-refractivity contribution is 1.20. The summed E-state index contributed by atoms with van der Waals surface area (Å²) in [4.78, 5) is 0. The van der Waals surface area contributed by atoms with Crippen molar-refractivity contribution in [2.75, 3.05) is 0 Å². The zero-order valence-corrected chi connectivity index (χ0v) is 8.94. The van der Waals surface area contributed by atoms with Crippen molar-refractivity contribution in [2.45, 2.75) is 32.6 Å². The first-order chi connectivity index (χ1) is 4.99. The average Bonchev–Trinajstić information content (AvgIpc) is 2.12. The smallest absolute Gasteiger partial charge is 0.0483 e. The summed E-state index contributed by atoms with van der Waals surface area (Å²) < 4.78 is 0. The maximum atomic E-state index is 2.42. The van der Waals surface area contributed by atoms with E-state index in [-0.39, 0.29) is 0 Å². The summed E-state index contributed by atoms with van der Waals surface area (Å²) in [5, 5.41) is 0. The number of rotatable bonds is 2. The van der Waals surface area contributed by atoms with Crippen LogP contribution in [0.1, 0.15) is 6.92 Å². The second-order valence-corrected chi connectivity index (χ2v) is 9.95. The summed E-state index contributed by atoms with van der Waals surface area (Å²) in [5.74, 6) is 1.47. The highest BCUT2D eigenvalue weighted by molar-refractivity contribution is 6.76. The lowest BCUT2D eigenvalue weighted by atomic mass is 10.1. The Bertz CT molecular complexity index is 193. The molecule has 0 aliphatic heterocycles. The van der Waals surface area contributed by atoms with Gasteiger partial charge in [0.2, 0.25) is 0 Å². The molecule has 0 saturated carbocycles. The predicted molar refractivity (Wildman–Crippen MR) is 54.3 cm³/mol. The molecule has 1 aliphatic carbocycles. The van der Waals surface area contributed by atoms with Crippen LogP contribution in [0.4, 0.5) is 0 Å². The van der Waals surface area contributed by atoms with E-state index in [1.807, 2.05) is 0 Å². The second kappa shape index (κ2) is 2.98.